The Bertz CT molecular complexity index is 440. The molecule has 1 saturated carbocycles. The molecule has 0 spiro atoms. The summed E-state index contributed by atoms with van der Waals surface area (Å²) in [5, 5.41) is 6.73. The number of nitrogens with one attached hydrogen (secondary N) is 2. The quantitative estimate of drug-likeness (QED) is 0.801. The van der Waals surface area contributed by atoms with Gasteiger partial charge in [-0.2, -0.15) is 0 Å². The minimum atomic E-state index is 0.300. The number of rotatable bonds is 7. The van der Waals surface area contributed by atoms with Crippen LogP contribution in [0.2, 0.25) is 0 Å². The van der Waals surface area contributed by atoms with E-state index in [1.807, 2.05) is 7.05 Å². The van der Waals surface area contributed by atoms with Gasteiger partial charge in [0.15, 0.2) is 0 Å². The normalized spacial score (nSPS) is 16.9. The van der Waals surface area contributed by atoms with Gasteiger partial charge in [0.2, 0.25) is 0 Å². The van der Waals surface area contributed by atoms with Crippen LogP contribution in [0.25, 0.3) is 0 Å². The summed E-state index contributed by atoms with van der Waals surface area (Å²) in [5.74, 6) is 1.93. The highest BCUT2D eigenvalue weighted by Gasteiger charge is 2.38. The van der Waals surface area contributed by atoms with Gasteiger partial charge in [0.1, 0.15) is 18.0 Å². The van der Waals surface area contributed by atoms with Crippen molar-refractivity contribution in [3.63, 3.8) is 0 Å². The summed E-state index contributed by atoms with van der Waals surface area (Å²) in [6.07, 6.45) is 7.58. The van der Waals surface area contributed by atoms with Crippen molar-refractivity contribution >= 4 is 11.6 Å². The smallest absolute Gasteiger partial charge is 0.134 e. The van der Waals surface area contributed by atoms with Crippen LogP contribution in [0.1, 0.15) is 38.2 Å². The topological polar surface area (TPSA) is 53.1 Å². The van der Waals surface area contributed by atoms with E-state index in [1.54, 1.807) is 6.33 Å². The van der Waals surface area contributed by atoms with E-state index in [0.29, 0.717) is 5.54 Å². The number of hydrogen-bond acceptors (Lipinski definition) is 5. The van der Waals surface area contributed by atoms with Crippen LogP contribution in [-0.2, 0) is 6.42 Å². The zero-order valence-electron chi connectivity index (χ0n) is 13.2. The molecular formula is C15H27N5. The second-order valence-electron chi connectivity index (χ2n) is 5.88. The predicted molar refractivity (Wildman–Crippen MR) is 84.3 cm³/mol. The van der Waals surface area contributed by atoms with Gasteiger partial charge in [0.25, 0.3) is 0 Å². The van der Waals surface area contributed by atoms with Gasteiger partial charge in [-0.15, -0.1) is 0 Å². The van der Waals surface area contributed by atoms with Gasteiger partial charge >= 0.3 is 0 Å². The van der Waals surface area contributed by atoms with Crippen LogP contribution in [-0.4, -0.2) is 48.1 Å². The van der Waals surface area contributed by atoms with Crippen molar-refractivity contribution in [3.8, 4) is 0 Å². The second kappa shape index (κ2) is 6.39. The third kappa shape index (κ3) is 2.87. The average Bonchev–Trinajstić information content (AvgIpc) is 2.38. The van der Waals surface area contributed by atoms with E-state index in [0.717, 1.165) is 31.0 Å². The molecule has 0 saturated heterocycles. The fraction of sp³-hybridized carbons (Fsp3) is 0.733. The van der Waals surface area contributed by atoms with E-state index < -0.39 is 0 Å². The third-order valence-corrected chi connectivity index (χ3v) is 4.50. The molecule has 20 heavy (non-hydrogen) atoms. The van der Waals surface area contributed by atoms with E-state index >= 15 is 0 Å². The molecule has 5 heteroatoms. The van der Waals surface area contributed by atoms with Gasteiger partial charge in [-0.25, -0.2) is 9.97 Å². The molecule has 5 nitrogen and oxygen atoms in total. The summed E-state index contributed by atoms with van der Waals surface area (Å²) >= 11 is 0. The van der Waals surface area contributed by atoms with Crippen LogP contribution in [0.5, 0.6) is 0 Å². The van der Waals surface area contributed by atoms with Crippen molar-refractivity contribution in [1.29, 1.82) is 0 Å². The van der Waals surface area contributed by atoms with Crippen LogP contribution < -0.4 is 10.6 Å². The minimum Gasteiger partial charge on any atom is -0.373 e. The lowest BCUT2D eigenvalue weighted by atomic mass is 9.75. The summed E-state index contributed by atoms with van der Waals surface area (Å²) in [6, 6.07) is 0. The Morgan fingerprint density at radius 1 is 1.25 bits per heavy atom. The van der Waals surface area contributed by atoms with E-state index in [2.05, 4.69) is 46.5 Å². The number of aromatic nitrogens is 2. The Labute approximate surface area is 122 Å². The summed E-state index contributed by atoms with van der Waals surface area (Å²) in [4.78, 5) is 11.1. The van der Waals surface area contributed by atoms with Gasteiger partial charge in [0, 0.05) is 24.7 Å². The van der Waals surface area contributed by atoms with Crippen LogP contribution >= 0.6 is 0 Å². The molecule has 1 aromatic rings. The van der Waals surface area contributed by atoms with Crippen molar-refractivity contribution < 1.29 is 0 Å². The summed E-state index contributed by atoms with van der Waals surface area (Å²) in [6.45, 7) is 3.14. The highest BCUT2D eigenvalue weighted by atomic mass is 15.2. The molecule has 112 valence electrons. The van der Waals surface area contributed by atoms with E-state index in [4.69, 9.17) is 0 Å². The molecule has 0 unspecified atom stereocenters. The van der Waals surface area contributed by atoms with Crippen molar-refractivity contribution in [2.45, 2.75) is 44.6 Å². The Hall–Kier alpha value is -1.36. The number of hydrogen-bond donors (Lipinski definition) is 2. The first kappa shape index (κ1) is 15.0. The van der Waals surface area contributed by atoms with Crippen molar-refractivity contribution in [2.75, 3.05) is 38.3 Å². The Kier molecular flexibility index (Phi) is 4.81. The lowest BCUT2D eigenvalue weighted by molar-refractivity contribution is 0.0738. The van der Waals surface area contributed by atoms with Crippen LogP contribution in [0.4, 0.5) is 11.6 Å². The maximum atomic E-state index is 4.45. The summed E-state index contributed by atoms with van der Waals surface area (Å²) in [7, 11) is 6.26. The number of likely N-dealkylation sites (N-methyl/N-ethyl adjacent to an activating group) is 1. The number of anilines is 2. The Balaban J connectivity index is 2.12. The maximum Gasteiger partial charge on any atom is 0.134 e. The third-order valence-electron chi connectivity index (χ3n) is 4.50. The molecule has 1 heterocycles. The molecule has 1 fully saturated rings. The van der Waals surface area contributed by atoms with E-state index in [9.17, 15) is 0 Å². The monoisotopic (exact) mass is 277 g/mol. The molecule has 1 aliphatic carbocycles. The molecule has 1 aromatic heterocycles. The molecule has 0 aromatic carbocycles. The molecule has 0 aliphatic heterocycles. The molecule has 2 rings (SSSR count). The zero-order valence-corrected chi connectivity index (χ0v) is 13.2. The van der Waals surface area contributed by atoms with Crippen molar-refractivity contribution in [1.82, 2.24) is 14.9 Å². The first-order valence-electron chi connectivity index (χ1n) is 7.56. The van der Waals surface area contributed by atoms with Crippen molar-refractivity contribution in [2.24, 2.45) is 0 Å². The van der Waals surface area contributed by atoms with Crippen LogP contribution in [0.3, 0.4) is 0 Å². The first-order valence-corrected chi connectivity index (χ1v) is 7.56. The molecule has 1 aliphatic rings. The van der Waals surface area contributed by atoms with Crippen LogP contribution in [0, 0.1) is 0 Å². The first-order chi connectivity index (χ1) is 9.63. The highest BCUT2D eigenvalue weighted by Crippen LogP contribution is 2.36. The zero-order chi connectivity index (χ0) is 14.6. The summed E-state index contributed by atoms with van der Waals surface area (Å²) in [5.41, 5.74) is 1.50. The maximum absolute atomic E-state index is 4.45. The fourth-order valence-electron chi connectivity index (χ4n) is 2.88. The van der Waals surface area contributed by atoms with Gasteiger partial charge in [0.05, 0.1) is 0 Å². The average molecular weight is 277 g/mol. The lowest BCUT2D eigenvalue weighted by Gasteiger charge is -2.47. The van der Waals surface area contributed by atoms with E-state index in [1.165, 1.54) is 24.8 Å². The minimum absolute atomic E-state index is 0.300. The van der Waals surface area contributed by atoms with E-state index in [-0.39, 0.29) is 0 Å². The molecule has 0 amide bonds. The molecule has 0 atom stereocenters. The van der Waals surface area contributed by atoms with Gasteiger partial charge in [-0.3, -0.25) is 0 Å². The predicted octanol–water partition coefficient (Wildman–Crippen LogP) is 2.37. The largest absolute Gasteiger partial charge is 0.373 e. The molecule has 0 radical (unpaired) electrons. The Morgan fingerprint density at radius 2 is 1.95 bits per heavy atom. The van der Waals surface area contributed by atoms with Crippen molar-refractivity contribution in [3.05, 3.63) is 11.9 Å². The van der Waals surface area contributed by atoms with Crippen LogP contribution in [0.15, 0.2) is 6.33 Å². The standard InChI is InChI=1S/C15H27N5/c1-5-7-12-13(16-2)18-11-19-14(12)17-10-15(20(3)4)8-6-9-15/h11H,5-10H2,1-4H3,(H2,16,17,18,19). The fourth-order valence-corrected chi connectivity index (χ4v) is 2.88. The number of nitrogens with zero attached hydrogens (tertiary/aromatic N) is 3. The highest BCUT2D eigenvalue weighted by molar-refractivity contribution is 5.57. The SMILES string of the molecule is CCCc1c(NC)ncnc1NCC1(N(C)C)CCC1. The molecule has 2 N–H and O–H groups in total. The Morgan fingerprint density at radius 3 is 2.45 bits per heavy atom. The summed E-state index contributed by atoms with van der Waals surface area (Å²) < 4.78 is 0. The molecule has 0 bridgehead atoms. The van der Waals surface area contributed by atoms with Gasteiger partial charge in [-0.05, 0) is 39.8 Å². The molecular weight excluding hydrogens is 250 g/mol. The van der Waals surface area contributed by atoms with Gasteiger partial charge < -0.3 is 15.5 Å². The lowest BCUT2D eigenvalue weighted by Crippen LogP contribution is -2.54. The van der Waals surface area contributed by atoms with Gasteiger partial charge in [-0.1, -0.05) is 13.3 Å². The second-order valence-corrected chi connectivity index (χ2v) is 5.88.